The minimum absolute atomic E-state index is 0.332. The summed E-state index contributed by atoms with van der Waals surface area (Å²) in [6.07, 6.45) is 7.19. The van der Waals surface area contributed by atoms with Crippen molar-refractivity contribution in [3.8, 4) is 0 Å². The number of nitrogens with one attached hydrogen (secondary N) is 1. The van der Waals surface area contributed by atoms with Crippen LogP contribution >= 0.6 is 0 Å². The molecule has 0 unspecified atom stereocenters. The zero-order valence-electron chi connectivity index (χ0n) is 10.3. The van der Waals surface area contributed by atoms with Crippen molar-refractivity contribution < 1.29 is 4.42 Å². The molecule has 0 radical (unpaired) electrons. The van der Waals surface area contributed by atoms with Crippen molar-refractivity contribution in [1.82, 2.24) is 5.32 Å². The largest absolute Gasteiger partial charge is 0.464 e. The Kier molecular flexibility index (Phi) is 2.67. The zero-order chi connectivity index (χ0) is 11.7. The Hall–Kier alpha value is -1.28. The van der Waals surface area contributed by atoms with Gasteiger partial charge in [0.2, 0.25) is 0 Å². The van der Waals surface area contributed by atoms with Crippen LogP contribution in [0.15, 0.2) is 34.9 Å². The molecule has 1 aromatic carbocycles. The van der Waals surface area contributed by atoms with Gasteiger partial charge in [-0.3, -0.25) is 0 Å². The first-order valence-corrected chi connectivity index (χ1v) is 6.47. The second-order valence-electron chi connectivity index (χ2n) is 5.38. The van der Waals surface area contributed by atoms with Crippen LogP contribution in [0.3, 0.4) is 0 Å². The molecular formula is C15H19NO. The minimum Gasteiger partial charge on any atom is -0.464 e. The van der Waals surface area contributed by atoms with Crippen LogP contribution in [0.4, 0.5) is 0 Å². The highest BCUT2D eigenvalue weighted by molar-refractivity contribution is 5.80. The van der Waals surface area contributed by atoms with Crippen molar-refractivity contribution in [2.45, 2.75) is 44.7 Å². The van der Waals surface area contributed by atoms with Gasteiger partial charge in [-0.2, -0.15) is 0 Å². The number of benzene rings is 1. The fourth-order valence-electron chi connectivity index (χ4n) is 2.81. The lowest BCUT2D eigenvalue weighted by atomic mass is 10.0. The highest BCUT2D eigenvalue weighted by atomic mass is 16.3. The van der Waals surface area contributed by atoms with E-state index in [1.165, 1.54) is 36.6 Å². The number of hydrogen-bond acceptors (Lipinski definition) is 2. The summed E-state index contributed by atoms with van der Waals surface area (Å²) in [6, 6.07) is 8.24. The van der Waals surface area contributed by atoms with Gasteiger partial charge in [-0.15, -0.1) is 0 Å². The van der Waals surface area contributed by atoms with Gasteiger partial charge in [-0.25, -0.2) is 0 Å². The van der Waals surface area contributed by atoms with E-state index >= 15 is 0 Å². The Morgan fingerprint density at radius 2 is 2.00 bits per heavy atom. The average Bonchev–Trinajstić information content (AvgIpc) is 2.94. The van der Waals surface area contributed by atoms with Gasteiger partial charge in [0, 0.05) is 23.0 Å². The van der Waals surface area contributed by atoms with Gasteiger partial charge >= 0.3 is 0 Å². The molecule has 0 aliphatic heterocycles. The molecule has 0 saturated heterocycles. The van der Waals surface area contributed by atoms with Crippen molar-refractivity contribution in [2.75, 3.05) is 0 Å². The lowest BCUT2D eigenvalue weighted by molar-refractivity contribution is 0.362. The van der Waals surface area contributed by atoms with E-state index in [0.717, 1.165) is 12.1 Å². The van der Waals surface area contributed by atoms with Crippen LogP contribution in [0.25, 0.3) is 11.0 Å². The third-order valence-electron chi connectivity index (χ3n) is 3.97. The molecule has 1 aliphatic carbocycles. The summed E-state index contributed by atoms with van der Waals surface area (Å²) < 4.78 is 5.56. The number of rotatable bonds is 3. The van der Waals surface area contributed by atoms with Crippen LogP contribution in [0.1, 0.15) is 38.2 Å². The molecule has 2 aromatic rings. The lowest BCUT2D eigenvalue weighted by Gasteiger charge is -2.25. The molecule has 1 aliphatic rings. The Morgan fingerprint density at radius 1 is 1.24 bits per heavy atom. The van der Waals surface area contributed by atoms with Gasteiger partial charge in [0.1, 0.15) is 5.58 Å². The monoisotopic (exact) mass is 229 g/mol. The van der Waals surface area contributed by atoms with E-state index in [0.29, 0.717) is 5.54 Å². The molecule has 90 valence electrons. The summed E-state index contributed by atoms with van der Waals surface area (Å²) in [6.45, 7) is 3.25. The van der Waals surface area contributed by atoms with Crippen molar-refractivity contribution in [1.29, 1.82) is 0 Å². The smallest absolute Gasteiger partial charge is 0.134 e. The van der Waals surface area contributed by atoms with E-state index in [4.69, 9.17) is 4.42 Å². The number of fused-ring (bicyclic) bond motifs is 1. The quantitative estimate of drug-likeness (QED) is 0.864. The SMILES string of the molecule is CC1(NCc2coc3ccccc23)CCCC1. The zero-order valence-corrected chi connectivity index (χ0v) is 10.3. The molecule has 1 saturated carbocycles. The van der Waals surface area contributed by atoms with E-state index in [9.17, 15) is 0 Å². The predicted molar refractivity (Wildman–Crippen MR) is 69.9 cm³/mol. The molecule has 0 amide bonds. The van der Waals surface area contributed by atoms with Crippen LogP contribution in [0.2, 0.25) is 0 Å². The summed E-state index contributed by atoms with van der Waals surface area (Å²) in [5, 5.41) is 4.93. The summed E-state index contributed by atoms with van der Waals surface area (Å²) in [5.41, 5.74) is 2.59. The van der Waals surface area contributed by atoms with E-state index in [2.05, 4.69) is 24.4 Å². The molecule has 1 N–H and O–H groups in total. The highest BCUT2D eigenvalue weighted by Crippen LogP contribution is 2.30. The van der Waals surface area contributed by atoms with Crippen molar-refractivity contribution in [3.63, 3.8) is 0 Å². The Morgan fingerprint density at radius 3 is 2.82 bits per heavy atom. The van der Waals surface area contributed by atoms with Crippen molar-refractivity contribution >= 4 is 11.0 Å². The maximum absolute atomic E-state index is 5.56. The molecule has 1 heterocycles. The minimum atomic E-state index is 0.332. The molecule has 1 fully saturated rings. The molecule has 1 aromatic heterocycles. The van der Waals surface area contributed by atoms with Crippen molar-refractivity contribution in [3.05, 3.63) is 36.1 Å². The third-order valence-corrected chi connectivity index (χ3v) is 3.97. The Labute approximate surface area is 102 Å². The first-order valence-electron chi connectivity index (χ1n) is 6.47. The maximum atomic E-state index is 5.56. The summed E-state index contributed by atoms with van der Waals surface area (Å²) in [5.74, 6) is 0. The van der Waals surface area contributed by atoms with E-state index < -0.39 is 0 Å². The standard InChI is InChI=1S/C15H19NO/c1-15(8-4-5-9-15)16-10-12-11-17-14-7-3-2-6-13(12)14/h2-3,6-7,11,16H,4-5,8-10H2,1H3. The molecule has 3 rings (SSSR count). The summed E-state index contributed by atoms with van der Waals surface area (Å²) >= 11 is 0. The highest BCUT2D eigenvalue weighted by Gasteiger charge is 2.27. The van der Waals surface area contributed by atoms with Gasteiger partial charge in [-0.1, -0.05) is 31.0 Å². The molecule has 0 bridgehead atoms. The van der Waals surface area contributed by atoms with E-state index in [-0.39, 0.29) is 0 Å². The van der Waals surface area contributed by atoms with Gasteiger partial charge < -0.3 is 9.73 Å². The summed E-state index contributed by atoms with van der Waals surface area (Å²) in [7, 11) is 0. The normalized spacial score (nSPS) is 18.9. The van der Waals surface area contributed by atoms with Crippen LogP contribution in [-0.4, -0.2) is 5.54 Å². The van der Waals surface area contributed by atoms with Crippen LogP contribution in [0.5, 0.6) is 0 Å². The van der Waals surface area contributed by atoms with Gasteiger partial charge in [0.05, 0.1) is 6.26 Å². The Balaban J connectivity index is 1.76. The first kappa shape index (κ1) is 10.8. The predicted octanol–water partition coefficient (Wildman–Crippen LogP) is 3.86. The second kappa shape index (κ2) is 4.19. The topological polar surface area (TPSA) is 25.2 Å². The van der Waals surface area contributed by atoms with E-state index in [1.54, 1.807) is 0 Å². The van der Waals surface area contributed by atoms with Gasteiger partial charge in [0.15, 0.2) is 0 Å². The van der Waals surface area contributed by atoms with Crippen LogP contribution < -0.4 is 5.32 Å². The first-order chi connectivity index (χ1) is 8.27. The number of furan rings is 1. The fourth-order valence-corrected chi connectivity index (χ4v) is 2.81. The Bertz CT molecular complexity index is 508. The van der Waals surface area contributed by atoms with Crippen molar-refractivity contribution in [2.24, 2.45) is 0 Å². The number of hydrogen-bond donors (Lipinski definition) is 1. The molecule has 0 spiro atoms. The maximum Gasteiger partial charge on any atom is 0.134 e. The number of para-hydroxylation sites is 1. The van der Waals surface area contributed by atoms with Crippen LogP contribution in [0, 0.1) is 0 Å². The third kappa shape index (κ3) is 2.09. The molecule has 17 heavy (non-hydrogen) atoms. The molecular weight excluding hydrogens is 210 g/mol. The molecule has 0 atom stereocenters. The second-order valence-corrected chi connectivity index (χ2v) is 5.38. The summed E-state index contributed by atoms with van der Waals surface area (Å²) in [4.78, 5) is 0. The van der Waals surface area contributed by atoms with Crippen LogP contribution in [-0.2, 0) is 6.54 Å². The van der Waals surface area contributed by atoms with E-state index in [1.807, 2.05) is 18.4 Å². The lowest BCUT2D eigenvalue weighted by Crippen LogP contribution is -2.38. The molecule has 2 heteroatoms. The molecule has 2 nitrogen and oxygen atoms in total. The van der Waals surface area contributed by atoms with Gasteiger partial charge in [0.25, 0.3) is 0 Å². The average molecular weight is 229 g/mol. The fraction of sp³-hybridized carbons (Fsp3) is 0.467. The van der Waals surface area contributed by atoms with Gasteiger partial charge in [-0.05, 0) is 25.8 Å².